The van der Waals surface area contributed by atoms with E-state index < -0.39 is 36.8 Å². The highest BCUT2D eigenvalue weighted by molar-refractivity contribution is 6.06. The van der Waals surface area contributed by atoms with Gasteiger partial charge in [-0.3, -0.25) is 14.8 Å². The molecule has 1 atom stereocenters. The summed E-state index contributed by atoms with van der Waals surface area (Å²) in [6.07, 6.45) is 7.30. The zero-order valence-electron chi connectivity index (χ0n) is 18.6. The Balaban J connectivity index is 1.46. The van der Waals surface area contributed by atoms with Gasteiger partial charge in [0, 0.05) is 36.8 Å². The zero-order valence-corrected chi connectivity index (χ0v) is 18.6. The lowest BCUT2D eigenvalue weighted by Crippen LogP contribution is -2.31. The second-order valence-electron chi connectivity index (χ2n) is 8.53. The number of carbonyl (C=O) groups excluding carboxylic acids is 1. The minimum atomic E-state index is -2.94. The Morgan fingerprint density at radius 3 is 2.54 bits per heavy atom. The second kappa shape index (κ2) is 9.57. The predicted molar refractivity (Wildman–Crippen MR) is 119 cm³/mol. The van der Waals surface area contributed by atoms with E-state index in [1.807, 2.05) is 0 Å². The maximum Gasteiger partial charge on any atom is 0.316 e. The summed E-state index contributed by atoms with van der Waals surface area (Å²) >= 11 is 0. The number of amides is 1. The van der Waals surface area contributed by atoms with Crippen molar-refractivity contribution in [3.8, 4) is 17.3 Å². The van der Waals surface area contributed by atoms with Gasteiger partial charge in [0.1, 0.15) is 30.3 Å². The van der Waals surface area contributed by atoms with E-state index in [9.17, 15) is 18.0 Å². The first-order chi connectivity index (χ1) is 16.9. The number of aromatic nitrogens is 4. The number of rotatable bonds is 6. The molecule has 0 radical (unpaired) electrons. The van der Waals surface area contributed by atoms with Crippen LogP contribution in [-0.2, 0) is 4.74 Å². The number of carbonyl (C=O) groups is 1. The van der Waals surface area contributed by atoms with Crippen LogP contribution in [0.15, 0.2) is 43.0 Å². The van der Waals surface area contributed by atoms with Crippen LogP contribution in [0.25, 0.3) is 11.3 Å². The standard InChI is InChI=1S/C24H22F3N5O3/c25-17-5-2-9-28-19(17)16-7-10-29-21(18-6-8-24(26,27)13-34-18)20(16)32-22(33)14-11-30-23(31-12-14)35-15-3-1-4-15/h2,5,7,9-12,15,18H,1,3-4,6,8,13H2,(H,32,33). The number of alkyl halides is 2. The van der Waals surface area contributed by atoms with Crippen molar-refractivity contribution in [2.45, 2.75) is 50.2 Å². The molecule has 0 spiro atoms. The van der Waals surface area contributed by atoms with Crippen LogP contribution in [0, 0.1) is 5.82 Å². The molecule has 1 aliphatic heterocycles. The van der Waals surface area contributed by atoms with Crippen LogP contribution in [-0.4, -0.2) is 44.5 Å². The smallest absolute Gasteiger partial charge is 0.316 e. The van der Waals surface area contributed by atoms with Crippen molar-refractivity contribution in [2.75, 3.05) is 11.9 Å². The number of ether oxygens (including phenoxy) is 2. The van der Waals surface area contributed by atoms with Crippen molar-refractivity contribution in [3.05, 3.63) is 60.1 Å². The maximum atomic E-state index is 14.6. The van der Waals surface area contributed by atoms with Crippen LogP contribution < -0.4 is 10.1 Å². The molecule has 4 heterocycles. The van der Waals surface area contributed by atoms with E-state index in [1.54, 1.807) is 0 Å². The molecule has 2 fully saturated rings. The first-order valence-corrected chi connectivity index (χ1v) is 11.3. The number of nitrogens with one attached hydrogen (secondary N) is 1. The molecule has 1 unspecified atom stereocenters. The Kier molecular flexibility index (Phi) is 6.33. The van der Waals surface area contributed by atoms with Crippen molar-refractivity contribution in [3.63, 3.8) is 0 Å². The normalized spacial score (nSPS) is 19.6. The van der Waals surface area contributed by atoms with Crippen molar-refractivity contribution >= 4 is 11.6 Å². The van der Waals surface area contributed by atoms with Gasteiger partial charge in [0.15, 0.2) is 0 Å². The average molecular weight is 485 g/mol. The lowest BCUT2D eigenvalue weighted by Gasteiger charge is -2.30. The van der Waals surface area contributed by atoms with Gasteiger partial charge in [-0.05, 0) is 43.9 Å². The molecule has 8 nitrogen and oxygen atoms in total. The van der Waals surface area contributed by atoms with E-state index in [-0.39, 0.29) is 46.7 Å². The molecule has 1 saturated heterocycles. The molecule has 1 aliphatic carbocycles. The molecule has 1 amide bonds. The fourth-order valence-corrected chi connectivity index (χ4v) is 3.89. The molecule has 3 aromatic heterocycles. The number of pyridine rings is 2. The molecule has 0 bridgehead atoms. The van der Waals surface area contributed by atoms with E-state index in [4.69, 9.17) is 9.47 Å². The fourth-order valence-electron chi connectivity index (χ4n) is 3.89. The Labute approximate surface area is 198 Å². The van der Waals surface area contributed by atoms with Gasteiger partial charge >= 0.3 is 6.01 Å². The Bertz CT molecular complexity index is 1210. The van der Waals surface area contributed by atoms with Crippen molar-refractivity contribution < 1.29 is 27.4 Å². The van der Waals surface area contributed by atoms with Gasteiger partial charge in [-0.25, -0.2) is 23.1 Å². The van der Waals surface area contributed by atoms with E-state index in [1.165, 1.54) is 43.0 Å². The van der Waals surface area contributed by atoms with Crippen LogP contribution in [0.5, 0.6) is 6.01 Å². The number of anilines is 1. The molecule has 182 valence electrons. The predicted octanol–water partition coefficient (Wildman–Crippen LogP) is 4.74. The molecule has 0 aromatic carbocycles. The highest BCUT2D eigenvalue weighted by Gasteiger charge is 2.38. The molecular formula is C24H22F3N5O3. The van der Waals surface area contributed by atoms with Crippen LogP contribution in [0.1, 0.15) is 54.3 Å². The molecule has 35 heavy (non-hydrogen) atoms. The lowest BCUT2D eigenvalue weighted by molar-refractivity contribution is -0.146. The van der Waals surface area contributed by atoms with Gasteiger partial charge < -0.3 is 14.8 Å². The SMILES string of the molecule is O=C(Nc1c(-c2ncccc2F)ccnc1C1CCC(F)(F)CO1)c1cnc(OC2CCC2)nc1. The number of halogens is 3. The first-order valence-electron chi connectivity index (χ1n) is 11.3. The van der Waals surface area contributed by atoms with Crippen LogP contribution >= 0.6 is 0 Å². The van der Waals surface area contributed by atoms with E-state index >= 15 is 0 Å². The minimum absolute atomic E-state index is 0.0203. The molecule has 1 N–H and O–H groups in total. The monoisotopic (exact) mass is 485 g/mol. The maximum absolute atomic E-state index is 14.6. The third-order valence-corrected chi connectivity index (χ3v) is 6.02. The molecule has 11 heteroatoms. The van der Waals surface area contributed by atoms with Gasteiger partial charge in [0.05, 0.1) is 16.9 Å². The minimum Gasteiger partial charge on any atom is -0.460 e. The summed E-state index contributed by atoms with van der Waals surface area (Å²) in [5, 5.41) is 2.73. The van der Waals surface area contributed by atoms with Gasteiger partial charge in [-0.1, -0.05) is 0 Å². The Morgan fingerprint density at radius 2 is 1.89 bits per heavy atom. The summed E-state index contributed by atoms with van der Waals surface area (Å²) < 4.78 is 52.9. The number of hydrogen-bond donors (Lipinski definition) is 1. The average Bonchev–Trinajstić information content (AvgIpc) is 2.82. The molecular weight excluding hydrogens is 463 g/mol. The molecule has 1 saturated carbocycles. The van der Waals surface area contributed by atoms with Gasteiger partial charge in [0.25, 0.3) is 11.8 Å². The van der Waals surface area contributed by atoms with Crippen LogP contribution in [0.4, 0.5) is 18.9 Å². The zero-order chi connectivity index (χ0) is 24.4. The summed E-state index contributed by atoms with van der Waals surface area (Å²) in [5.74, 6) is -4.14. The van der Waals surface area contributed by atoms with E-state index in [0.717, 1.165) is 19.3 Å². The second-order valence-corrected chi connectivity index (χ2v) is 8.53. The summed E-state index contributed by atoms with van der Waals surface area (Å²) in [6.45, 7) is -0.773. The summed E-state index contributed by atoms with van der Waals surface area (Å²) in [4.78, 5) is 29.7. The molecule has 3 aromatic rings. The highest BCUT2D eigenvalue weighted by atomic mass is 19.3. The largest absolute Gasteiger partial charge is 0.460 e. The first kappa shape index (κ1) is 23.2. The van der Waals surface area contributed by atoms with Crippen LogP contribution in [0.3, 0.4) is 0 Å². The third-order valence-electron chi connectivity index (χ3n) is 6.02. The van der Waals surface area contributed by atoms with Crippen molar-refractivity contribution in [1.29, 1.82) is 0 Å². The summed E-state index contributed by atoms with van der Waals surface area (Å²) in [6, 6.07) is 4.35. The lowest BCUT2D eigenvalue weighted by atomic mass is 9.96. The van der Waals surface area contributed by atoms with Crippen molar-refractivity contribution in [2.24, 2.45) is 0 Å². The summed E-state index contributed by atoms with van der Waals surface area (Å²) in [7, 11) is 0. The number of nitrogens with zero attached hydrogens (tertiary/aromatic N) is 4. The summed E-state index contributed by atoms with van der Waals surface area (Å²) in [5.41, 5.74) is 0.688. The van der Waals surface area contributed by atoms with Crippen LogP contribution in [0.2, 0.25) is 0 Å². The van der Waals surface area contributed by atoms with E-state index in [0.29, 0.717) is 0 Å². The Morgan fingerprint density at radius 1 is 1.09 bits per heavy atom. The van der Waals surface area contributed by atoms with E-state index in [2.05, 4.69) is 25.3 Å². The van der Waals surface area contributed by atoms with Crippen molar-refractivity contribution in [1.82, 2.24) is 19.9 Å². The quantitative estimate of drug-likeness (QED) is 0.538. The van der Waals surface area contributed by atoms with Gasteiger partial charge in [-0.15, -0.1) is 0 Å². The van der Waals surface area contributed by atoms with Gasteiger partial charge in [0.2, 0.25) is 0 Å². The fraction of sp³-hybridized carbons (Fsp3) is 0.375. The Hall–Kier alpha value is -3.60. The topological polar surface area (TPSA) is 99.1 Å². The molecule has 5 rings (SSSR count). The highest BCUT2D eigenvalue weighted by Crippen LogP contribution is 2.40. The van der Waals surface area contributed by atoms with Gasteiger partial charge in [-0.2, -0.15) is 0 Å². The molecule has 2 aliphatic rings. The number of hydrogen-bond acceptors (Lipinski definition) is 7. The third kappa shape index (κ3) is 5.09.